The Bertz CT molecular complexity index is 1370. The van der Waals surface area contributed by atoms with Crippen LogP contribution in [0, 0.1) is 5.82 Å². The number of ether oxygens (including phenoxy) is 2. The summed E-state index contributed by atoms with van der Waals surface area (Å²) in [6.45, 7) is 5.36. The number of hydrogen-bond donors (Lipinski definition) is 1. The lowest BCUT2D eigenvalue weighted by atomic mass is 10.0. The van der Waals surface area contributed by atoms with Gasteiger partial charge in [0, 0.05) is 23.9 Å². The zero-order valence-electron chi connectivity index (χ0n) is 20.8. The molecule has 36 heavy (non-hydrogen) atoms. The Morgan fingerprint density at radius 2 is 1.89 bits per heavy atom. The number of carbonyl (C=O) groups excluding carboxylic acids is 3. The molecule has 0 spiro atoms. The van der Waals surface area contributed by atoms with Crippen LogP contribution in [0.25, 0.3) is 17.0 Å². The molecule has 0 radical (unpaired) electrons. The highest BCUT2D eigenvalue weighted by Crippen LogP contribution is 2.29. The lowest BCUT2D eigenvalue weighted by Crippen LogP contribution is -2.43. The molecule has 2 heterocycles. The number of esters is 1. The molecule has 0 saturated heterocycles. The van der Waals surface area contributed by atoms with E-state index >= 15 is 0 Å². The normalized spacial score (nSPS) is 17.1. The Morgan fingerprint density at radius 1 is 1.14 bits per heavy atom. The van der Waals surface area contributed by atoms with Gasteiger partial charge in [0.1, 0.15) is 17.5 Å². The fourth-order valence-corrected chi connectivity index (χ4v) is 4.46. The summed E-state index contributed by atoms with van der Waals surface area (Å²) in [6.07, 6.45) is 3.32. The van der Waals surface area contributed by atoms with Crippen molar-refractivity contribution in [2.75, 3.05) is 7.11 Å². The zero-order valence-corrected chi connectivity index (χ0v) is 20.8. The molecule has 8 heteroatoms. The molecule has 1 aliphatic rings. The minimum Gasteiger partial charge on any atom is -0.467 e. The SMILES string of the molecule is COC(=O)[C@@H]1Cc2cc(F)cc(c2)/C=C\Cc2c(c3ccccc3n2C(=O)OC(C)(C)C)CC(=O)N1. The van der Waals surface area contributed by atoms with Crippen molar-refractivity contribution in [3.05, 3.63) is 76.7 Å². The number of carbonyl (C=O) groups is 3. The molecule has 1 aliphatic heterocycles. The van der Waals surface area contributed by atoms with Gasteiger partial charge in [0.25, 0.3) is 0 Å². The topological polar surface area (TPSA) is 86.6 Å². The maximum Gasteiger partial charge on any atom is 0.419 e. The van der Waals surface area contributed by atoms with Crippen LogP contribution in [-0.4, -0.2) is 41.3 Å². The fraction of sp³-hybridized carbons (Fsp3) is 0.321. The number of hydrogen-bond acceptors (Lipinski definition) is 5. The third-order valence-electron chi connectivity index (χ3n) is 5.86. The van der Waals surface area contributed by atoms with Crippen molar-refractivity contribution in [2.24, 2.45) is 0 Å². The van der Waals surface area contributed by atoms with Crippen molar-refractivity contribution in [2.45, 2.75) is 51.7 Å². The van der Waals surface area contributed by atoms with Crippen molar-refractivity contribution >= 4 is 34.9 Å². The number of fused-ring (bicyclic) bond motifs is 5. The van der Waals surface area contributed by atoms with E-state index in [1.54, 1.807) is 39.0 Å². The smallest absolute Gasteiger partial charge is 0.419 e. The van der Waals surface area contributed by atoms with Crippen molar-refractivity contribution in [3.8, 4) is 0 Å². The molecule has 1 N–H and O–H groups in total. The molecule has 0 saturated carbocycles. The van der Waals surface area contributed by atoms with Gasteiger partial charge >= 0.3 is 12.1 Å². The van der Waals surface area contributed by atoms with E-state index in [0.717, 1.165) is 5.39 Å². The maximum absolute atomic E-state index is 14.3. The highest BCUT2D eigenvalue weighted by Gasteiger charge is 2.28. The minimum atomic E-state index is -0.996. The summed E-state index contributed by atoms with van der Waals surface area (Å²) in [4.78, 5) is 38.9. The summed E-state index contributed by atoms with van der Waals surface area (Å²) in [6, 6.07) is 10.8. The zero-order chi connectivity index (χ0) is 26.0. The van der Waals surface area contributed by atoms with Gasteiger partial charge in [-0.25, -0.2) is 18.5 Å². The first-order valence-corrected chi connectivity index (χ1v) is 11.7. The van der Waals surface area contributed by atoms with Gasteiger partial charge in [-0.3, -0.25) is 4.79 Å². The van der Waals surface area contributed by atoms with Crippen LogP contribution < -0.4 is 5.32 Å². The highest BCUT2D eigenvalue weighted by molar-refractivity contribution is 5.97. The predicted molar refractivity (Wildman–Crippen MR) is 134 cm³/mol. The highest BCUT2D eigenvalue weighted by atomic mass is 19.1. The van der Waals surface area contributed by atoms with Crippen LogP contribution in [0.15, 0.2) is 48.5 Å². The first kappa shape index (κ1) is 25.2. The molecule has 2 bridgehead atoms. The van der Waals surface area contributed by atoms with E-state index in [9.17, 15) is 18.8 Å². The molecule has 188 valence electrons. The van der Waals surface area contributed by atoms with Gasteiger partial charge < -0.3 is 14.8 Å². The van der Waals surface area contributed by atoms with Gasteiger partial charge in [-0.05, 0) is 55.7 Å². The number of nitrogens with one attached hydrogen (secondary N) is 1. The van der Waals surface area contributed by atoms with E-state index in [1.807, 2.05) is 24.3 Å². The van der Waals surface area contributed by atoms with Gasteiger partial charge in [0.15, 0.2) is 0 Å². The first-order valence-electron chi connectivity index (χ1n) is 11.7. The summed E-state index contributed by atoms with van der Waals surface area (Å²) in [7, 11) is 1.24. The molecule has 1 amide bonds. The van der Waals surface area contributed by atoms with Crippen LogP contribution in [0.5, 0.6) is 0 Å². The fourth-order valence-electron chi connectivity index (χ4n) is 4.46. The molecule has 1 atom stereocenters. The summed E-state index contributed by atoms with van der Waals surface area (Å²) in [5.41, 5.74) is 2.27. The van der Waals surface area contributed by atoms with Crippen LogP contribution in [0.2, 0.25) is 0 Å². The van der Waals surface area contributed by atoms with E-state index in [2.05, 4.69) is 5.32 Å². The maximum atomic E-state index is 14.3. The average molecular weight is 493 g/mol. The van der Waals surface area contributed by atoms with Crippen molar-refractivity contribution < 1.29 is 28.2 Å². The lowest BCUT2D eigenvalue weighted by molar-refractivity contribution is -0.145. The molecule has 4 rings (SSSR count). The van der Waals surface area contributed by atoms with Gasteiger partial charge in [-0.1, -0.05) is 36.4 Å². The number of allylic oxidation sites excluding steroid dienone is 1. The van der Waals surface area contributed by atoms with Crippen LogP contribution in [0.3, 0.4) is 0 Å². The summed E-state index contributed by atoms with van der Waals surface area (Å²) in [5, 5.41) is 3.47. The Labute approximate surface area is 208 Å². The average Bonchev–Trinajstić information content (AvgIpc) is 3.09. The Balaban J connectivity index is 1.89. The third kappa shape index (κ3) is 5.48. The van der Waals surface area contributed by atoms with Gasteiger partial charge in [-0.2, -0.15) is 0 Å². The van der Waals surface area contributed by atoms with E-state index in [0.29, 0.717) is 34.3 Å². The second-order valence-electron chi connectivity index (χ2n) is 9.78. The van der Waals surface area contributed by atoms with Crippen LogP contribution >= 0.6 is 0 Å². The first-order chi connectivity index (χ1) is 17.1. The number of nitrogens with zero attached hydrogens (tertiary/aromatic N) is 1. The largest absolute Gasteiger partial charge is 0.467 e. The van der Waals surface area contributed by atoms with Crippen LogP contribution in [0.4, 0.5) is 9.18 Å². The van der Waals surface area contributed by atoms with Crippen molar-refractivity contribution in [3.63, 3.8) is 0 Å². The second-order valence-corrected chi connectivity index (χ2v) is 9.78. The number of para-hydroxylation sites is 1. The molecular weight excluding hydrogens is 463 g/mol. The molecule has 2 aromatic carbocycles. The molecule has 1 aromatic heterocycles. The van der Waals surface area contributed by atoms with E-state index in [-0.39, 0.29) is 12.8 Å². The monoisotopic (exact) mass is 492 g/mol. The standard InChI is InChI=1S/C28H29FN2O5/c1-28(2,3)36-27(34)31-23-10-6-5-9-20(23)21-16-25(32)30-22(26(33)35-4)15-18-12-17(13-19(29)14-18)8-7-11-24(21)31/h5-10,12-14,22H,11,15-16H2,1-4H3,(H,30,32)/b8-7-/t22-/m0/s1. The number of rotatable bonds is 1. The number of methoxy groups -OCH3 is 1. The quantitative estimate of drug-likeness (QED) is 0.503. The minimum absolute atomic E-state index is 0.0705. The Kier molecular flexibility index (Phi) is 6.97. The molecule has 0 fully saturated rings. The van der Waals surface area contributed by atoms with E-state index < -0.39 is 35.4 Å². The summed E-state index contributed by atoms with van der Waals surface area (Å²) in [5.74, 6) is -1.50. The second kappa shape index (κ2) is 9.97. The number of amides is 1. The predicted octanol–water partition coefficient (Wildman–Crippen LogP) is 4.58. The summed E-state index contributed by atoms with van der Waals surface area (Å²) < 4.78 is 26.4. The summed E-state index contributed by atoms with van der Waals surface area (Å²) >= 11 is 0. The molecule has 3 aromatic rings. The van der Waals surface area contributed by atoms with Crippen molar-refractivity contribution in [1.82, 2.24) is 9.88 Å². The van der Waals surface area contributed by atoms with Gasteiger partial charge in [0.2, 0.25) is 5.91 Å². The van der Waals surface area contributed by atoms with E-state index in [1.165, 1.54) is 23.8 Å². The van der Waals surface area contributed by atoms with Crippen molar-refractivity contribution in [1.29, 1.82) is 0 Å². The number of halogens is 1. The molecule has 0 unspecified atom stereocenters. The molecule has 0 aliphatic carbocycles. The molecule has 7 nitrogen and oxygen atoms in total. The van der Waals surface area contributed by atoms with E-state index in [4.69, 9.17) is 9.47 Å². The van der Waals surface area contributed by atoms with Gasteiger partial charge in [-0.15, -0.1) is 0 Å². The number of benzene rings is 2. The van der Waals surface area contributed by atoms with Crippen LogP contribution in [-0.2, 0) is 38.3 Å². The van der Waals surface area contributed by atoms with Gasteiger partial charge in [0.05, 0.1) is 19.0 Å². The Morgan fingerprint density at radius 3 is 2.61 bits per heavy atom. The number of aromatic nitrogens is 1. The molecular formula is C28H29FN2O5. The lowest BCUT2D eigenvalue weighted by Gasteiger charge is -2.21. The van der Waals surface area contributed by atoms with Crippen LogP contribution in [0.1, 0.15) is 43.2 Å². The third-order valence-corrected chi connectivity index (χ3v) is 5.86. The Hall–Kier alpha value is -3.94.